The topological polar surface area (TPSA) is 73.2 Å². The first kappa shape index (κ1) is 18.6. The Kier molecular flexibility index (Phi) is 5.47. The molecule has 0 saturated carbocycles. The molecule has 3 heterocycles. The van der Waals surface area contributed by atoms with Crippen molar-refractivity contribution < 1.29 is 5.11 Å². The van der Waals surface area contributed by atoms with Gasteiger partial charge in [0.15, 0.2) is 0 Å². The Hall–Kier alpha value is -2.14. The molecule has 7 nitrogen and oxygen atoms in total. The standard InChI is InChI=1S/C19H28N6O/c1-14-15(8-16(10-20)23(14)4)11-24-6-5-7-25-17(12-24)9-18(21-25)19(26)13-22(2)3/h8-9,19,26H,5-7,11-13H2,1-4H3/t19-/m0/s1. The summed E-state index contributed by atoms with van der Waals surface area (Å²) in [5.74, 6) is 0. The molecule has 1 aliphatic heterocycles. The van der Waals surface area contributed by atoms with E-state index in [1.807, 2.05) is 47.4 Å². The van der Waals surface area contributed by atoms with Crippen LogP contribution in [-0.4, -0.2) is 56.4 Å². The minimum atomic E-state index is -0.563. The molecule has 1 atom stereocenters. The smallest absolute Gasteiger partial charge is 0.120 e. The van der Waals surface area contributed by atoms with Crippen LogP contribution < -0.4 is 0 Å². The molecular weight excluding hydrogens is 328 g/mol. The maximum absolute atomic E-state index is 10.3. The molecule has 0 aliphatic carbocycles. The highest BCUT2D eigenvalue weighted by atomic mass is 16.3. The van der Waals surface area contributed by atoms with Gasteiger partial charge in [-0.2, -0.15) is 10.4 Å². The van der Waals surface area contributed by atoms with Crippen molar-refractivity contribution in [1.82, 2.24) is 24.1 Å². The fourth-order valence-corrected chi connectivity index (χ4v) is 3.56. The molecule has 140 valence electrons. The van der Waals surface area contributed by atoms with Crippen LogP contribution in [0.15, 0.2) is 12.1 Å². The van der Waals surface area contributed by atoms with Gasteiger partial charge in [0.25, 0.3) is 0 Å². The first-order valence-corrected chi connectivity index (χ1v) is 9.06. The van der Waals surface area contributed by atoms with Crippen molar-refractivity contribution in [2.24, 2.45) is 7.05 Å². The fourth-order valence-electron chi connectivity index (χ4n) is 3.56. The molecule has 0 radical (unpaired) electrons. The number of hydrogen-bond donors (Lipinski definition) is 1. The van der Waals surface area contributed by atoms with E-state index in [4.69, 9.17) is 0 Å². The lowest BCUT2D eigenvalue weighted by molar-refractivity contribution is 0.133. The molecular formula is C19H28N6O. The normalized spacial score (nSPS) is 16.3. The zero-order chi connectivity index (χ0) is 18.8. The third kappa shape index (κ3) is 3.83. The zero-order valence-corrected chi connectivity index (χ0v) is 16.1. The van der Waals surface area contributed by atoms with E-state index >= 15 is 0 Å². The number of aromatic nitrogens is 3. The van der Waals surface area contributed by atoms with E-state index in [0.717, 1.165) is 49.7 Å². The summed E-state index contributed by atoms with van der Waals surface area (Å²) in [4.78, 5) is 4.36. The number of nitriles is 1. The van der Waals surface area contributed by atoms with Crippen molar-refractivity contribution in [2.75, 3.05) is 27.2 Å². The molecule has 0 aromatic carbocycles. The van der Waals surface area contributed by atoms with Crippen LogP contribution in [-0.2, 0) is 26.7 Å². The molecule has 3 rings (SSSR count). The maximum atomic E-state index is 10.3. The van der Waals surface area contributed by atoms with Crippen LogP contribution in [0.25, 0.3) is 0 Å². The van der Waals surface area contributed by atoms with Crippen molar-refractivity contribution in [1.29, 1.82) is 5.26 Å². The van der Waals surface area contributed by atoms with Gasteiger partial charge in [0.1, 0.15) is 17.9 Å². The van der Waals surface area contributed by atoms with E-state index in [-0.39, 0.29) is 0 Å². The van der Waals surface area contributed by atoms with Crippen molar-refractivity contribution in [3.8, 4) is 6.07 Å². The summed E-state index contributed by atoms with van der Waals surface area (Å²) in [6.07, 6.45) is 0.460. The second-order valence-corrected chi connectivity index (χ2v) is 7.44. The van der Waals surface area contributed by atoms with E-state index in [1.54, 1.807) is 0 Å². The van der Waals surface area contributed by atoms with Gasteiger partial charge in [-0.05, 0) is 45.1 Å². The Labute approximate surface area is 155 Å². The SMILES string of the molecule is Cc1c(CN2CCCn3nc([C@@H](O)CN(C)C)cc3C2)cc(C#N)n1C. The summed E-state index contributed by atoms with van der Waals surface area (Å²) in [5, 5.41) is 24.2. The number of aryl methyl sites for hydroxylation is 1. The van der Waals surface area contributed by atoms with Crippen LogP contribution in [0.4, 0.5) is 0 Å². The molecule has 2 aromatic heterocycles. The second kappa shape index (κ2) is 7.62. The Morgan fingerprint density at radius 1 is 1.35 bits per heavy atom. The van der Waals surface area contributed by atoms with E-state index in [1.165, 1.54) is 5.56 Å². The second-order valence-electron chi connectivity index (χ2n) is 7.44. The lowest BCUT2D eigenvalue weighted by Gasteiger charge is -2.19. The van der Waals surface area contributed by atoms with Gasteiger partial charge < -0.3 is 14.6 Å². The molecule has 7 heteroatoms. The van der Waals surface area contributed by atoms with Gasteiger partial charge in [0.05, 0.1) is 11.4 Å². The van der Waals surface area contributed by atoms with Crippen molar-refractivity contribution in [3.63, 3.8) is 0 Å². The molecule has 0 bridgehead atoms. The highest BCUT2D eigenvalue weighted by molar-refractivity contribution is 5.34. The van der Waals surface area contributed by atoms with Gasteiger partial charge in [-0.1, -0.05) is 0 Å². The average Bonchev–Trinajstić information content (AvgIpc) is 3.03. The summed E-state index contributed by atoms with van der Waals surface area (Å²) in [5.41, 5.74) is 4.93. The van der Waals surface area contributed by atoms with Crippen molar-refractivity contribution in [3.05, 3.63) is 40.5 Å². The fraction of sp³-hybridized carbons (Fsp3) is 0.579. The van der Waals surface area contributed by atoms with Gasteiger partial charge in [-0.25, -0.2) is 0 Å². The van der Waals surface area contributed by atoms with E-state index in [2.05, 4.69) is 23.0 Å². The van der Waals surface area contributed by atoms with Crippen LogP contribution in [0.2, 0.25) is 0 Å². The molecule has 0 saturated heterocycles. The summed E-state index contributed by atoms with van der Waals surface area (Å²) in [7, 11) is 5.83. The number of nitrogens with zero attached hydrogens (tertiary/aromatic N) is 6. The zero-order valence-electron chi connectivity index (χ0n) is 16.1. The van der Waals surface area contributed by atoms with Crippen LogP contribution in [0.5, 0.6) is 0 Å². The van der Waals surface area contributed by atoms with Gasteiger partial charge in [0.2, 0.25) is 0 Å². The van der Waals surface area contributed by atoms with E-state index in [0.29, 0.717) is 12.2 Å². The Morgan fingerprint density at radius 2 is 2.12 bits per heavy atom. The third-order valence-electron chi connectivity index (χ3n) is 5.14. The number of hydrogen-bond acceptors (Lipinski definition) is 5. The highest BCUT2D eigenvalue weighted by Crippen LogP contribution is 2.22. The van der Waals surface area contributed by atoms with Crippen LogP contribution in [0, 0.1) is 18.3 Å². The molecule has 0 spiro atoms. The number of likely N-dealkylation sites (N-methyl/N-ethyl adjacent to an activating group) is 1. The number of aliphatic hydroxyl groups excluding tert-OH is 1. The van der Waals surface area contributed by atoms with Gasteiger partial charge >= 0.3 is 0 Å². The van der Waals surface area contributed by atoms with Crippen LogP contribution >= 0.6 is 0 Å². The lowest BCUT2D eigenvalue weighted by Crippen LogP contribution is -2.23. The minimum absolute atomic E-state index is 0.563. The number of aliphatic hydroxyl groups is 1. The molecule has 0 fully saturated rings. The molecule has 2 aromatic rings. The van der Waals surface area contributed by atoms with E-state index < -0.39 is 6.10 Å². The van der Waals surface area contributed by atoms with Crippen molar-refractivity contribution in [2.45, 2.75) is 39.1 Å². The monoisotopic (exact) mass is 356 g/mol. The van der Waals surface area contributed by atoms with Crippen LogP contribution in [0.1, 0.15) is 40.9 Å². The predicted molar refractivity (Wildman–Crippen MR) is 99.3 cm³/mol. The minimum Gasteiger partial charge on any atom is -0.385 e. The first-order valence-electron chi connectivity index (χ1n) is 9.06. The van der Waals surface area contributed by atoms with Crippen LogP contribution in [0.3, 0.4) is 0 Å². The van der Waals surface area contributed by atoms with Gasteiger partial charge in [0, 0.05) is 45.5 Å². The Morgan fingerprint density at radius 3 is 2.77 bits per heavy atom. The molecule has 1 N–H and O–H groups in total. The first-order chi connectivity index (χ1) is 12.4. The van der Waals surface area contributed by atoms with Gasteiger partial charge in [-0.15, -0.1) is 0 Å². The Balaban J connectivity index is 1.75. The summed E-state index contributed by atoms with van der Waals surface area (Å²) < 4.78 is 3.99. The van der Waals surface area contributed by atoms with E-state index in [9.17, 15) is 10.4 Å². The number of fused-ring (bicyclic) bond motifs is 1. The number of rotatable bonds is 5. The summed E-state index contributed by atoms with van der Waals surface area (Å²) >= 11 is 0. The van der Waals surface area contributed by atoms with Gasteiger partial charge in [-0.3, -0.25) is 9.58 Å². The quantitative estimate of drug-likeness (QED) is 0.877. The summed E-state index contributed by atoms with van der Waals surface area (Å²) in [6.45, 7) is 6.13. The molecule has 0 unspecified atom stereocenters. The lowest BCUT2D eigenvalue weighted by atomic mass is 10.2. The largest absolute Gasteiger partial charge is 0.385 e. The Bertz CT molecular complexity index is 813. The average molecular weight is 356 g/mol. The summed E-state index contributed by atoms with van der Waals surface area (Å²) in [6, 6.07) is 6.27. The highest BCUT2D eigenvalue weighted by Gasteiger charge is 2.21. The maximum Gasteiger partial charge on any atom is 0.120 e. The molecule has 26 heavy (non-hydrogen) atoms. The third-order valence-corrected chi connectivity index (χ3v) is 5.14. The van der Waals surface area contributed by atoms with Crippen molar-refractivity contribution >= 4 is 0 Å². The molecule has 1 aliphatic rings. The molecule has 0 amide bonds. The predicted octanol–water partition coefficient (Wildman–Crippen LogP) is 1.40.